The Morgan fingerprint density at radius 2 is 1.67 bits per heavy atom. The maximum atomic E-state index is 12.2. The van der Waals surface area contributed by atoms with E-state index < -0.39 is 0 Å². The van der Waals surface area contributed by atoms with Gasteiger partial charge < -0.3 is 10.6 Å². The first-order chi connectivity index (χ1) is 13.0. The van der Waals surface area contributed by atoms with Gasteiger partial charge in [0.05, 0.1) is 10.9 Å². The Morgan fingerprint density at radius 1 is 0.926 bits per heavy atom. The molecule has 0 fully saturated rings. The fourth-order valence-corrected chi connectivity index (χ4v) is 3.43. The second kappa shape index (κ2) is 10.6. The highest BCUT2D eigenvalue weighted by molar-refractivity contribution is 7.12. The van der Waals surface area contributed by atoms with Crippen molar-refractivity contribution in [2.75, 3.05) is 6.54 Å². The molecule has 5 nitrogen and oxygen atoms in total. The second-order valence-corrected chi connectivity index (χ2v) is 7.65. The van der Waals surface area contributed by atoms with Crippen LogP contribution in [0.5, 0.6) is 0 Å². The lowest BCUT2D eigenvalue weighted by Crippen LogP contribution is -2.34. The molecule has 144 valence electrons. The van der Waals surface area contributed by atoms with Crippen LogP contribution >= 0.6 is 11.3 Å². The van der Waals surface area contributed by atoms with Crippen LogP contribution in [0.2, 0.25) is 0 Å². The van der Waals surface area contributed by atoms with Crippen molar-refractivity contribution in [1.29, 1.82) is 0 Å². The van der Waals surface area contributed by atoms with Gasteiger partial charge >= 0.3 is 0 Å². The van der Waals surface area contributed by atoms with Gasteiger partial charge in [0.1, 0.15) is 0 Å². The fraction of sp³-hybridized carbons (Fsp3) is 0.381. The fourth-order valence-electron chi connectivity index (χ4n) is 2.73. The molecular weight excluding hydrogens is 360 g/mol. The third kappa shape index (κ3) is 6.98. The minimum absolute atomic E-state index is 0.0273. The SMILES string of the molecule is CC(C)C(NC(=O)CCNC(=O)CCC(=O)c1cccs1)c1ccccc1. The molecule has 1 atom stereocenters. The van der Waals surface area contributed by atoms with E-state index in [9.17, 15) is 14.4 Å². The summed E-state index contributed by atoms with van der Waals surface area (Å²) in [4.78, 5) is 36.6. The summed E-state index contributed by atoms with van der Waals surface area (Å²) < 4.78 is 0. The predicted octanol–water partition coefficient (Wildman–Crippen LogP) is 3.73. The molecule has 1 aromatic carbocycles. The minimum atomic E-state index is -0.212. The second-order valence-electron chi connectivity index (χ2n) is 6.70. The van der Waals surface area contributed by atoms with E-state index in [-0.39, 0.29) is 55.4 Å². The summed E-state index contributed by atoms with van der Waals surface area (Å²) in [5.74, 6) is -0.0848. The summed E-state index contributed by atoms with van der Waals surface area (Å²) in [6, 6.07) is 13.4. The molecule has 1 heterocycles. The number of Topliss-reactive ketones (excluding diaryl/α,β-unsaturated/α-hetero) is 1. The summed E-state index contributed by atoms with van der Waals surface area (Å²) >= 11 is 1.38. The van der Waals surface area contributed by atoms with E-state index in [0.29, 0.717) is 4.88 Å². The average Bonchev–Trinajstić information content (AvgIpc) is 3.19. The van der Waals surface area contributed by atoms with E-state index >= 15 is 0 Å². The molecule has 0 saturated carbocycles. The van der Waals surface area contributed by atoms with E-state index in [1.807, 2.05) is 41.8 Å². The van der Waals surface area contributed by atoms with Crippen molar-refractivity contribution in [1.82, 2.24) is 10.6 Å². The largest absolute Gasteiger partial charge is 0.356 e. The molecule has 0 aliphatic heterocycles. The zero-order valence-corrected chi connectivity index (χ0v) is 16.6. The van der Waals surface area contributed by atoms with Crippen molar-refractivity contribution in [3.05, 3.63) is 58.3 Å². The Kier molecular flexibility index (Phi) is 8.20. The van der Waals surface area contributed by atoms with Crippen molar-refractivity contribution in [2.45, 2.75) is 39.2 Å². The summed E-state index contributed by atoms with van der Waals surface area (Å²) in [5.41, 5.74) is 1.07. The Labute approximate surface area is 164 Å². The summed E-state index contributed by atoms with van der Waals surface area (Å²) in [5, 5.41) is 7.58. The molecule has 0 bridgehead atoms. The number of hydrogen-bond acceptors (Lipinski definition) is 4. The number of carbonyl (C=O) groups excluding carboxylic acids is 3. The van der Waals surface area contributed by atoms with E-state index in [1.54, 1.807) is 6.07 Å². The number of carbonyl (C=O) groups is 3. The minimum Gasteiger partial charge on any atom is -0.356 e. The molecular formula is C21H26N2O3S. The maximum absolute atomic E-state index is 12.2. The van der Waals surface area contributed by atoms with Crippen LogP contribution in [0.3, 0.4) is 0 Å². The molecule has 0 aliphatic carbocycles. The zero-order chi connectivity index (χ0) is 19.6. The van der Waals surface area contributed by atoms with Gasteiger partial charge in [-0.25, -0.2) is 0 Å². The molecule has 27 heavy (non-hydrogen) atoms. The van der Waals surface area contributed by atoms with Gasteiger partial charge in [-0.05, 0) is 22.9 Å². The van der Waals surface area contributed by atoms with Gasteiger partial charge in [0.2, 0.25) is 11.8 Å². The smallest absolute Gasteiger partial charge is 0.222 e. The molecule has 6 heteroatoms. The van der Waals surface area contributed by atoms with Crippen LogP contribution in [-0.2, 0) is 9.59 Å². The molecule has 0 spiro atoms. The molecule has 0 aliphatic rings. The van der Waals surface area contributed by atoms with Crippen molar-refractivity contribution in [3.8, 4) is 0 Å². The van der Waals surface area contributed by atoms with Crippen LogP contribution in [0.15, 0.2) is 47.8 Å². The third-order valence-corrected chi connectivity index (χ3v) is 5.10. The molecule has 2 rings (SSSR count). The number of benzene rings is 1. The quantitative estimate of drug-likeness (QED) is 0.611. The van der Waals surface area contributed by atoms with Gasteiger partial charge in [-0.2, -0.15) is 0 Å². The van der Waals surface area contributed by atoms with Crippen LogP contribution in [0.25, 0.3) is 0 Å². The first-order valence-corrected chi connectivity index (χ1v) is 10.0. The molecule has 2 amide bonds. The normalized spacial score (nSPS) is 11.8. The molecule has 1 aromatic heterocycles. The zero-order valence-electron chi connectivity index (χ0n) is 15.7. The molecule has 1 unspecified atom stereocenters. The summed E-state index contributed by atoms with van der Waals surface area (Å²) in [7, 11) is 0. The first-order valence-electron chi connectivity index (χ1n) is 9.15. The Bertz CT molecular complexity index is 742. The highest BCUT2D eigenvalue weighted by Gasteiger charge is 2.18. The predicted molar refractivity (Wildman–Crippen MR) is 108 cm³/mol. The van der Waals surface area contributed by atoms with Gasteiger partial charge in [0, 0.05) is 25.8 Å². The van der Waals surface area contributed by atoms with Crippen molar-refractivity contribution < 1.29 is 14.4 Å². The van der Waals surface area contributed by atoms with Gasteiger partial charge in [-0.3, -0.25) is 14.4 Å². The van der Waals surface area contributed by atoms with Crippen molar-refractivity contribution >= 4 is 28.9 Å². The highest BCUT2D eigenvalue weighted by Crippen LogP contribution is 2.21. The van der Waals surface area contributed by atoms with Crippen molar-refractivity contribution in [3.63, 3.8) is 0 Å². The number of amides is 2. The van der Waals surface area contributed by atoms with E-state index in [4.69, 9.17) is 0 Å². The third-order valence-electron chi connectivity index (χ3n) is 4.19. The van der Waals surface area contributed by atoms with Gasteiger partial charge in [-0.1, -0.05) is 50.2 Å². The van der Waals surface area contributed by atoms with E-state index in [2.05, 4.69) is 24.5 Å². The molecule has 2 N–H and O–H groups in total. The number of nitrogens with one attached hydrogen (secondary N) is 2. The summed E-state index contributed by atoms with van der Waals surface area (Å²) in [6.45, 7) is 4.38. The number of hydrogen-bond donors (Lipinski definition) is 2. The standard InChI is InChI=1S/C21H26N2O3S/c1-15(2)21(16-7-4-3-5-8-16)23-20(26)12-13-22-19(25)11-10-17(24)18-9-6-14-27-18/h3-9,14-15,21H,10-13H2,1-2H3,(H,22,25)(H,23,26). The van der Waals surface area contributed by atoms with Gasteiger partial charge in [0.25, 0.3) is 0 Å². The van der Waals surface area contributed by atoms with Crippen LogP contribution in [0.1, 0.15) is 54.4 Å². The van der Waals surface area contributed by atoms with E-state index in [0.717, 1.165) is 5.56 Å². The number of ketones is 1. The number of rotatable bonds is 10. The molecule has 2 aromatic rings. The lowest BCUT2D eigenvalue weighted by atomic mass is 9.96. The average molecular weight is 387 g/mol. The van der Waals surface area contributed by atoms with Crippen LogP contribution in [0, 0.1) is 5.92 Å². The van der Waals surface area contributed by atoms with Crippen LogP contribution < -0.4 is 10.6 Å². The highest BCUT2D eigenvalue weighted by atomic mass is 32.1. The van der Waals surface area contributed by atoms with Crippen molar-refractivity contribution in [2.24, 2.45) is 5.92 Å². The topological polar surface area (TPSA) is 75.3 Å². The molecule has 0 saturated heterocycles. The Morgan fingerprint density at radius 3 is 2.30 bits per heavy atom. The maximum Gasteiger partial charge on any atom is 0.222 e. The van der Waals surface area contributed by atoms with Gasteiger partial charge in [-0.15, -0.1) is 11.3 Å². The van der Waals surface area contributed by atoms with Crippen LogP contribution in [0.4, 0.5) is 0 Å². The Balaban J connectivity index is 1.70. The molecule has 0 radical (unpaired) electrons. The van der Waals surface area contributed by atoms with Gasteiger partial charge in [0.15, 0.2) is 5.78 Å². The monoisotopic (exact) mass is 386 g/mol. The Hall–Kier alpha value is -2.47. The first kappa shape index (κ1) is 20.8. The lowest BCUT2D eigenvalue weighted by molar-refractivity contribution is -0.123. The van der Waals surface area contributed by atoms with Crippen LogP contribution in [-0.4, -0.2) is 24.1 Å². The summed E-state index contributed by atoms with van der Waals surface area (Å²) in [6.07, 6.45) is 0.527. The van der Waals surface area contributed by atoms with E-state index in [1.165, 1.54) is 11.3 Å². The lowest BCUT2D eigenvalue weighted by Gasteiger charge is -2.23. The number of thiophene rings is 1.